The van der Waals surface area contributed by atoms with Gasteiger partial charge in [0, 0.05) is 32.6 Å². The summed E-state index contributed by atoms with van der Waals surface area (Å²) in [4.78, 5) is 17.5. The van der Waals surface area contributed by atoms with Crippen LogP contribution >= 0.6 is 11.3 Å². The van der Waals surface area contributed by atoms with Crippen LogP contribution in [0.3, 0.4) is 0 Å². The normalized spacial score (nSPS) is 10.3. The number of rotatable bonds is 5. The lowest BCUT2D eigenvalue weighted by Gasteiger charge is -2.14. The summed E-state index contributed by atoms with van der Waals surface area (Å²) in [6.45, 7) is 1.46. The second kappa shape index (κ2) is 5.79. The average Bonchev–Trinajstić information content (AvgIpc) is 2.73. The molecule has 1 aromatic rings. The summed E-state index contributed by atoms with van der Waals surface area (Å²) >= 11 is 1.40. The van der Waals surface area contributed by atoms with Crippen LogP contribution in [-0.4, -0.2) is 43.1 Å². The molecule has 1 amide bonds. The molecule has 0 aromatic carbocycles. The molecule has 0 atom stereocenters. The van der Waals surface area contributed by atoms with E-state index in [-0.39, 0.29) is 5.91 Å². The Hall–Kier alpha value is -0.980. The van der Waals surface area contributed by atoms with Gasteiger partial charge in [-0.3, -0.25) is 4.79 Å². The minimum atomic E-state index is -0.0944. The minimum Gasteiger partial charge on any atom is -0.383 e. The number of likely N-dealkylation sites (N-methyl/N-ethyl adjacent to an activating group) is 1. The van der Waals surface area contributed by atoms with Crippen molar-refractivity contribution < 1.29 is 9.53 Å². The molecule has 0 spiro atoms. The highest BCUT2D eigenvalue weighted by atomic mass is 32.1. The lowest BCUT2D eigenvalue weighted by molar-refractivity contribution is 0.0739. The number of amides is 1. The number of nitrogens with two attached hydrogens (primary N) is 1. The molecule has 0 radical (unpaired) electrons. The van der Waals surface area contributed by atoms with Gasteiger partial charge in [0.25, 0.3) is 5.91 Å². The first-order valence-electron chi connectivity index (χ1n) is 4.58. The van der Waals surface area contributed by atoms with Crippen LogP contribution in [0.5, 0.6) is 0 Å². The zero-order valence-electron chi connectivity index (χ0n) is 8.90. The van der Waals surface area contributed by atoms with Crippen LogP contribution in [0, 0.1) is 0 Å². The Morgan fingerprint density at radius 1 is 1.73 bits per heavy atom. The van der Waals surface area contributed by atoms with Crippen LogP contribution in [0.25, 0.3) is 0 Å². The standard InChI is InChI=1S/C9H15N3O2S/c1-12(3-4-14-2)9(13)7-6-15-8(5-10)11-7/h6H,3-5,10H2,1-2H3. The highest BCUT2D eigenvalue weighted by Gasteiger charge is 2.14. The summed E-state index contributed by atoms with van der Waals surface area (Å²) in [7, 11) is 3.33. The molecule has 0 fully saturated rings. The predicted molar refractivity (Wildman–Crippen MR) is 58.8 cm³/mol. The highest BCUT2D eigenvalue weighted by molar-refractivity contribution is 7.09. The van der Waals surface area contributed by atoms with Crippen LogP contribution in [0.4, 0.5) is 0 Å². The van der Waals surface area contributed by atoms with Gasteiger partial charge in [-0.05, 0) is 0 Å². The molecule has 0 aliphatic carbocycles. The van der Waals surface area contributed by atoms with E-state index in [1.165, 1.54) is 11.3 Å². The summed E-state index contributed by atoms with van der Waals surface area (Å²) in [5.74, 6) is -0.0944. The van der Waals surface area contributed by atoms with Crippen molar-refractivity contribution in [3.05, 3.63) is 16.1 Å². The molecule has 0 saturated carbocycles. The highest BCUT2D eigenvalue weighted by Crippen LogP contribution is 2.10. The molecule has 0 unspecified atom stereocenters. The number of ether oxygens (including phenoxy) is 1. The fourth-order valence-corrected chi connectivity index (χ4v) is 1.68. The van der Waals surface area contributed by atoms with Gasteiger partial charge in [0.2, 0.25) is 0 Å². The molecule has 0 aliphatic rings. The number of nitrogens with zero attached hydrogens (tertiary/aromatic N) is 2. The van der Waals surface area contributed by atoms with Crippen molar-refractivity contribution in [1.82, 2.24) is 9.88 Å². The van der Waals surface area contributed by atoms with Gasteiger partial charge in [0.1, 0.15) is 10.7 Å². The van der Waals surface area contributed by atoms with Crippen molar-refractivity contribution in [3.63, 3.8) is 0 Å². The van der Waals surface area contributed by atoms with Crippen LogP contribution < -0.4 is 5.73 Å². The first-order valence-corrected chi connectivity index (χ1v) is 5.46. The Bertz CT molecular complexity index is 327. The van der Waals surface area contributed by atoms with Crippen molar-refractivity contribution in [2.24, 2.45) is 5.73 Å². The molecule has 1 heterocycles. The molecular formula is C9H15N3O2S. The molecule has 2 N–H and O–H groups in total. The van der Waals surface area contributed by atoms with Crippen molar-refractivity contribution in [2.45, 2.75) is 6.54 Å². The summed E-state index contributed by atoms with van der Waals surface area (Å²) in [5, 5.41) is 2.51. The third kappa shape index (κ3) is 3.26. The number of carbonyl (C=O) groups excluding carboxylic acids is 1. The molecule has 84 valence electrons. The van der Waals surface area contributed by atoms with Crippen molar-refractivity contribution in [3.8, 4) is 0 Å². The van der Waals surface area contributed by atoms with E-state index in [0.29, 0.717) is 25.4 Å². The maximum absolute atomic E-state index is 11.8. The first-order chi connectivity index (χ1) is 7.19. The fraction of sp³-hybridized carbons (Fsp3) is 0.556. The second-order valence-electron chi connectivity index (χ2n) is 3.05. The molecule has 0 aliphatic heterocycles. The quantitative estimate of drug-likeness (QED) is 0.789. The topological polar surface area (TPSA) is 68.5 Å². The Kier molecular flexibility index (Phi) is 4.67. The molecule has 0 saturated heterocycles. The third-order valence-corrected chi connectivity index (χ3v) is 2.79. The Labute approximate surface area is 92.9 Å². The van der Waals surface area contributed by atoms with Crippen LogP contribution in [0.1, 0.15) is 15.5 Å². The van der Waals surface area contributed by atoms with Crippen LogP contribution in [-0.2, 0) is 11.3 Å². The lowest BCUT2D eigenvalue weighted by atomic mass is 10.4. The van der Waals surface area contributed by atoms with Crippen LogP contribution in [0.15, 0.2) is 5.38 Å². The van der Waals surface area contributed by atoms with E-state index in [1.54, 1.807) is 24.4 Å². The molecule has 1 aromatic heterocycles. The maximum Gasteiger partial charge on any atom is 0.273 e. The predicted octanol–water partition coefficient (Wildman–Crippen LogP) is 0.320. The molecule has 6 heteroatoms. The van der Waals surface area contributed by atoms with Gasteiger partial charge >= 0.3 is 0 Å². The average molecular weight is 229 g/mol. The van der Waals surface area contributed by atoms with Crippen molar-refractivity contribution >= 4 is 17.2 Å². The number of carbonyl (C=O) groups is 1. The third-order valence-electron chi connectivity index (χ3n) is 1.92. The first kappa shape index (κ1) is 12.1. The number of hydrogen-bond acceptors (Lipinski definition) is 5. The van der Waals surface area contributed by atoms with Gasteiger partial charge in [-0.25, -0.2) is 4.98 Å². The largest absolute Gasteiger partial charge is 0.383 e. The van der Waals surface area contributed by atoms with E-state index in [2.05, 4.69) is 4.98 Å². The molecule has 5 nitrogen and oxygen atoms in total. The summed E-state index contributed by atoms with van der Waals surface area (Å²) in [6, 6.07) is 0. The van der Waals surface area contributed by atoms with Crippen molar-refractivity contribution in [1.29, 1.82) is 0 Å². The fourth-order valence-electron chi connectivity index (χ4n) is 1.03. The number of hydrogen-bond donors (Lipinski definition) is 1. The van der Waals surface area contributed by atoms with E-state index >= 15 is 0 Å². The Balaban J connectivity index is 2.59. The zero-order valence-corrected chi connectivity index (χ0v) is 9.71. The van der Waals surface area contributed by atoms with Gasteiger partial charge < -0.3 is 15.4 Å². The lowest BCUT2D eigenvalue weighted by Crippen LogP contribution is -2.30. The van der Waals surface area contributed by atoms with Gasteiger partial charge in [0.05, 0.1) is 6.61 Å². The van der Waals surface area contributed by atoms with Crippen molar-refractivity contribution in [2.75, 3.05) is 27.3 Å². The molecular weight excluding hydrogens is 214 g/mol. The van der Waals surface area contributed by atoms with Crippen LogP contribution in [0.2, 0.25) is 0 Å². The number of thiazole rings is 1. The number of aromatic nitrogens is 1. The van der Waals surface area contributed by atoms with Gasteiger partial charge in [-0.2, -0.15) is 0 Å². The second-order valence-corrected chi connectivity index (χ2v) is 3.99. The molecule has 0 bridgehead atoms. The monoisotopic (exact) mass is 229 g/mol. The summed E-state index contributed by atoms with van der Waals surface area (Å²) in [6.07, 6.45) is 0. The minimum absolute atomic E-state index is 0.0944. The molecule has 1 rings (SSSR count). The van der Waals surface area contributed by atoms with E-state index in [0.717, 1.165) is 5.01 Å². The van der Waals surface area contributed by atoms with Gasteiger partial charge in [0.15, 0.2) is 0 Å². The van der Waals surface area contributed by atoms with E-state index in [9.17, 15) is 4.79 Å². The zero-order chi connectivity index (χ0) is 11.3. The number of methoxy groups -OCH3 is 1. The SMILES string of the molecule is COCCN(C)C(=O)c1csc(CN)n1. The Morgan fingerprint density at radius 2 is 2.47 bits per heavy atom. The van der Waals surface area contributed by atoms with Gasteiger partial charge in [-0.15, -0.1) is 11.3 Å². The summed E-state index contributed by atoms with van der Waals surface area (Å²) < 4.78 is 4.89. The van der Waals surface area contributed by atoms with E-state index in [1.807, 2.05) is 0 Å². The molecule has 15 heavy (non-hydrogen) atoms. The van der Waals surface area contributed by atoms with E-state index < -0.39 is 0 Å². The smallest absolute Gasteiger partial charge is 0.273 e. The van der Waals surface area contributed by atoms with E-state index in [4.69, 9.17) is 10.5 Å². The maximum atomic E-state index is 11.8. The Morgan fingerprint density at radius 3 is 3.00 bits per heavy atom. The summed E-state index contributed by atoms with van der Waals surface area (Å²) in [5.41, 5.74) is 5.88. The van der Waals surface area contributed by atoms with Gasteiger partial charge in [-0.1, -0.05) is 0 Å².